The van der Waals surface area contributed by atoms with Crippen molar-refractivity contribution in [1.29, 1.82) is 0 Å². The van der Waals surface area contributed by atoms with Gasteiger partial charge in [-0.15, -0.1) is 0 Å². The van der Waals surface area contributed by atoms with Crippen LogP contribution in [0.2, 0.25) is 0 Å². The summed E-state index contributed by atoms with van der Waals surface area (Å²) in [5, 5.41) is 2.91. The van der Waals surface area contributed by atoms with E-state index in [0.717, 1.165) is 26.3 Å². The smallest absolute Gasteiger partial charge is 0.408 e. The largest absolute Gasteiger partial charge is 0.444 e. The van der Waals surface area contributed by atoms with Crippen LogP contribution in [0.15, 0.2) is 0 Å². The zero-order valence-corrected chi connectivity index (χ0v) is 12.0. The Morgan fingerprint density at radius 3 is 2.53 bits per heavy atom. The van der Waals surface area contributed by atoms with Crippen LogP contribution in [0, 0.1) is 0 Å². The lowest BCUT2D eigenvalue weighted by atomic mass is 10.1. The van der Waals surface area contributed by atoms with Crippen molar-refractivity contribution in [1.82, 2.24) is 10.2 Å². The fourth-order valence-corrected chi connectivity index (χ4v) is 2.41. The third kappa shape index (κ3) is 4.33. The van der Waals surface area contributed by atoms with Crippen LogP contribution in [0.25, 0.3) is 0 Å². The molecular formula is C13H24N2O4. The fraction of sp³-hybridized carbons (Fsp3) is 0.923. The van der Waals surface area contributed by atoms with Gasteiger partial charge in [-0.2, -0.15) is 0 Å². The van der Waals surface area contributed by atoms with E-state index in [-0.39, 0.29) is 18.2 Å². The van der Waals surface area contributed by atoms with E-state index in [1.54, 1.807) is 0 Å². The van der Waals surface area contributed by atoms with E-state index < -0.39 is 5.60 Å². The van der Waals surface area contributed by atoms with Gasteiger partial charge in [0.25, 0.3) is 0 Å². The molecule has 2 fully saturated rings. The monoisotopic (exact) mass is 272 g/mol. The Morgan fingerprint density at radius 2 is 1.89 bits per heavy atom. The molecule has 0 aromatic carbocycles. The van der Waals surface area contributed by atoms with Gasteiger partial charge >= 0.3 is 6.09 Å². The van der Waals surface area contributed by atoms with Gasteiger partial charge in [-0.1, -0.05) is 0 Å². The van der Waals surface area contributed by atoms with Gasteiger partial charge in [-0.25, -0.2) is 4.79 Å². The SMILES string of the molecule is CC(C)(C)OC(=O)NC1COCC1N1CCOCC1. The second kappa shape index (κ2) is 6.07. The zero-order valence-electron chi connectivity index (χ0n) is 12.0. The number of amides is 1. The Bertz CT molecular complexity index is 310. The first-order chi connectivity index (χ1) is 8.96. The number of carbonyl (C=O) groups excluding carboxylic acids is 1. The molecule has 2 aliphatic heterocycles. The summed E-state index contributed by atoms with van der Waals surface area (Å²) >= 11 is 0. The molecule has 0 aromatic rings. The average Bonchev–Trinajstić information content (AvgIpc) is 2.75. The van der Waals surface area contributed by atoms with Crippen LogP contribution in [0.4, 0.5) is 4.79 Å². The number of hydrogen-bond acceptors (Lipinski definition) is 5. The highest BCUT2D eigenvalue weighted by Crippen LogP contribution is 2.16. The van der Waals surface area contributed by atoms with E-state index in [0.29, 0.717) is 13.2 Å². The summed E-state index contributed by atoms with van der Waals surface area (Å²) in [5.74, 6) is 0. The summed E-state index contributed by atoms with van der Waals surface area (Å²) in [6.45, 7) is 10.0. The highest BCUT2D eigenvalue weighted by atomic mass is 16.6. The fourth-order valence-electron chi connectivity index (χ4n) is 2.41. The molecule has 6 nitrogen and oxygen atoms in total. The first-order valence-corrected chi connectivity index (χ1v) is 6.85. The predicted molar refractivity (Wildman–Crippen MR) is 70.2 cm³/mol. The summed E-state index contributed by atoms with van der Waals surface area (Å²) < 4.78 is 16.1. The summed E-state index contributed by atoms with van der Waals surface area (Å²) in [6, 6.07) is 0.212. The van der Waals surface area contributed by atoms with Gasteiger partial charge in [0, 0.05) is 13.1 Å². The molecule has 0 aromatic heterocycles. The standard InChI is InChI=1S/C13H24N2O4/c1-13(2,3)19-12(16)14-10-8-18-9-11(10)15-4-6-17-7-5-15/h10-11H,4-9H2,1-3H3,(H,14,16). The van der Waals surface area contributed by atoms with Crippen molar-refractivity contribution in [2.75, 3.05) is 39.5 Å². The molecule has 2 aliphatic rings. The number of carbonyl (C=O) groups is 1. The van der Waals surface area contributed by atoms with Crippen molar-refractivity contribution in [3.8, 4) is 0 Å². The van der Waals surface area contributed by atoms with E-state index in [1.165, 1.54) is 0 Å². The van der Waals surface area contributed by atoms with Crippen molar-refractivity contribution in [2.24, 2.45) is 0 Å². The molecule has 0 aliphatic carbocycles. The van der Waals surface area contributed by atoms with Crippen molar-refractivity contribution < 1.29 is 19.0 Å². The molecule has 2 heterocycles. The molecule has 0 saturated carbocycles. The third-order valence-electron chi connectivity index (χ3n) is 3.27. The van der Waals surface area contributed by atoms with Crippen LogP contribution in [0.1, 0.15) is 20.8 Å². The minimum atomic E-state index is -0.474. The Hall–Kier alpha value is -0.850. The number of nitrogens with zero attached hydrogens (tertiary/aromatic N) is 1. The van der Waals surface area contributed by atoms with Crippen LogP contribution >= 0.6 is 0 Å². The lowest BCUT2D eigenvalue weighted by molar-refractivity contribution is 0.00889. The summed E-state index contributed by atoms with van der Waals surface area (Å²) in [6.07, 6.45) is -0.374. The molecule has 0 spiro atoms. The molecule has 110 valence electrons. The van der Waals surface area contributed by atoms with Gasteiger partial charge in [0.15, 0.2) is 0 Å². The molecule has 0 bridgehead atoms. The van der Waals surface area contributed by atoms with Crippen LogP contribution in [-0.2, 0) is 14.2 Å². The second-order valence-corrected chi connectivity index (χ2v) is 6.01. The van der Waals surface area contributed by atoms with Gasteiger partial charge in [0.1, 0.15) is 5.60 Å². The first-order valence-electron chi connectivity index (χ1n) is 6.85. The maximum Gasteiger partial charge on any atom is 0.408 e. The van der Waals surface area contributed by atoms with E-state index in [1.807, 2.05) is 20.8 Å². The van der Waals surface area contributed by atoms with Gasteiger partial charge in [0.05, 0.1) is 38.5 Å². The summed E-state index contributed by atoms with van der Waals surface area (Å²) in [7, 11) is 0. The van der Waals surface area contributed by atoms with Crippen LogP contribution in [0.5, 0.6) is 0 Å². The highest BCUT2D eigenvalue weighted by molar-refractivity contribution is 5.68. The minimum absolute atomic E-state index is 0.00653. The van der Waals surface area contributed by atoms with Crippen LogP contribution in [-0.4, -0.2) is 68.2 Å². The molecule has 2 atom stereocenters. The van der Waals surface area contributed by atoms with Gasteiger partial charge < -0.3 is 19.5 Å². The van der Waals surface area contributed by atoms with Gasteiger partial charge in [0.2, 0.25) is 0 Å². The molecule has 19 heavy (non-hydrogen) atoms. The first kappa shape index (κ1) is 14.6. The number of rotatable bonds is 2. The maximum atomic E-state index is 11.8. The molecule has 2 rings (SSSR count). The van der Waals surface area contributed by atoms with E-state index in [2.05, 4.69) is 10.2 Å². The van der Waals surface area contributed by atoms with Crippen LogP contribution < -0.4 is 5.32 Å². The lowest BCUT2D eigenvalue weighted by Crippen LogP contribution is -2.54. The van der Waals surface area contributed by atoms with Gasteiger partial charge in [-0.3, -0.25) is 4.90 Å². The molecular weight excluding hydrogens is 248 g/mol. The Labute approximate surface area is 114 Å². The van der Waals surface area contributed by atoms with Gasteiger partial charge in [-0.05, 0) is 20.8 Å². The minimum Gasteiger partial charge on any atom is -0.444 e. The van der Waals surface area contributed by atoms with E-state index in [4.69, 9.17) is 14.2 Å². The van der Waals surface area contributed by atoms with Crippen molar-refractivity contribution >= 4 is 6.09 Å². The molecule has 6 heteroatoms. The lowest BCUT2D eigenvalue weighted by Gasteiger charge is -2.34. The number of ether oxygens (including phenoxy) is 3. The van der Waals surface area contributed by atoms with E-state index in [9.17, 15) is 4.79 Å². The number of nitrogens with one attached hydrogen (secondary N) is 1. The molecule has 0 radical (unpaired) electrons. The molecule has 1 amide bonds. The quantitative estimate of drug-likeness (QED) is 0.798. The van der Waals surface area contributed by atoms with Crippen LogP contribution in [0.3, 0.4) is 0 Å². The van der Waals surface area contributed by atoms with Crippen molar-refractivity contribution in [2.45, 2.75) is 38.5 Å². The zero-order chi connectivity index (χ0) is 13.9. The molecule has 2 unspecified atom stereocenters. The highest BCUT2D eigenvalue weighted by Gasteiger charge is 2.35. The Kier molecular flexibility index (Phi) is 4.65. The maximum absolute atomic E-state index is 11.8. The second-order valence-electron chi connectivity index (χ2n) is 6.01. The predicted octanol–water partition coefficient (Wildman–Crippen LogP) is 0.611. The molecule has 1 N–H and O–H groups in total. The topological polar surface area (TPSA) is 60.0 Å². The Morgan fingerprint density at radius 1 is 1.21 bits per heavy atom. The number of morpholine rings is 1. The molecule has 2 saturated heterocycles. The third-order valence-corrected chi connectivity index (χ3v) is 3.27. The number of alkyl carbamates (subject to hydrolysis) is 1. The number of hydrogen-bond donors (Lipinski definition) is 1. The Balaban J connectivity index is 1.86. The summed E-state index contributed by atoms with van der Waals surface area (Å²) in [5.41, 5.74) is -0.474. The van der Waals surface area contributed by atoms with E-state index >= 15 is 0 Å². The summed E-state index contributed by atoms with van der Waals surface area (Å²) in [4.78, 5) is 14.1. The average molecular weight is 272 g/mol. The normalized spacial score (nSPS) is 29.2. The van der Waals surface area contributed by atoms with Crippen molar-refractivity contribution in [3.05, 3.63) is 0 Å². The van der Waals surface area contributed by atoms with Crippen molar-refractivity contribution in [3.63, 3.8) is 0 Å².